The van der Waals surface area contributed by atoms with Gasteiger partial charge in [0, 0.05) is 5.75 Å². The van der Waals surface area contributed by atoms with Crippen LogP contribution < -0.4 is 0 Å². The predicted molar refractivity (Wildman–Crippen MR) is 48.5 cm³/mol. The molecule has 1 unspecified atom stereocenters. The maximum atomic E-state index is 8.49. The van der Waals surface area contributed by atoms with E-state index in [1.807, 2.05) is 11.8 Å². The van der Waals surface area contributed by atoms with Crippen LogP contribution in [0.4, 0.5) is 0 Å². The van der Waals surface area contributed by atoms with E-state index in [0.717, 1.165) is 11.7 Å². The minimum atomic E-state index is 0.323. The Hall–Kier alpha value is 0.310. The number of aliphatic hydroxyl groups excluding tert-OH is 1. The van der Waals surface area contributed by atoms with Crippen LogP contribution in [-0.4, -0.2) is 23.2 Å². The molecular formula is C8H18OS. The third-order valence-corrected chi connectivity index (χ3v) is 2.70. The molecular weight excluding hydrogens is 144 g/mol. The molecule has 0 fully saturated rings. The highest BCUT2D eigenvalue weighted by atomic mass is 32.2. The van der Waals surface area contributed by atoms with Crippen molar-refractivity contribution in [3.8, 4) is 0 Å². The lowest BCUT2D eigenvalue weighted by Crippen LogP contribution is -1.99. The van der Waals surface area contributed by atoms with Crippen molar-refractivity contribution in [1.29, 1.82) is 0 Å². The number of hydrogen-bond donors (Lipinski definition) is 1. The maximum Gasteiger partial charge on any atom is 0.0521 e. The average molecular weight is 162 g/mol. The van der Waals surface area contributed by atoms with Crippen molar-refractivity contribution in [2.75, 3.05) is 18.1 Å². The molecule has 1 nitrogen and oxygen atoms in total. The second kappa shape index (κ2) is 7.42. The van der Waals surface area contributed by atoms with Gasteiger partial charge in [-0.1, -0.05) is 26.7 Å². The molecule has 2 heteroatoms. The first kappa shape index (κ1) is 10.3. The van der Waals surface area contributed by atoms with E-state index in [0.29, 0.717) is 6.61 Å². The fraction of sp³-hybridized carbons (Fsp3) is 1.00. The maximum absolute atomic E-state index is 8.49. The van der Waals surface area contributed by atoms with Crippen LogP contribution in [-0.2, 0) is 0 Å². The van der Waals surface area contributed by atoms with Crippen molar-refractivity contribution in [3.05, 3.63) is 0 Å². The van der Waals surface area contributed by atoms with Gasteiger partial charge in [0.15, 0.2) is 0 Å². The molecule has 0 radical (unpaired) electrons. The minimum Gasteiger partial charge on any atom is -0.396 e. The summed E-state index contributed by atoms with van der Waals surface area (Å²) in [5.74, 6) is 2.92. The van der Waals surface area contributed by atoms with Crippen molar-refractivity contribution in [1.82, 2.24) is 0 Å². The van der Waals surface area contributed by atoms with Gasteiger partial charge in [-0.3, -0.25) is 0 Å². The topological polar surface area (TPSA) is 20.2 Å². The molecule has 0 aliphatic heterocycles. The largest absolute Gasteiger partial charge is 0.396 e. The number of thioether (sulfide) groups is 1. The Morgan fingerprint density at radius 2 is 2.20 bits per heavy atom. The zero-order chi connectivity index (χ0) is 7.82. The minimum absolute atomic E-state index is 0.323. The van der Waals surface area contributed by atoms with Gasteiger partial charge in [0.2, 0.25) is 0 Å². The third-order valence-electron chi connectivity index (χ3n) is 1.42. The molecule has 0 bridgehead atoms. The SMILES string of the molecule is CCCC(C)CSCCO. The van der Waals surface area contributed by atoms with Gasteiger partial charge in [0.1, 0.15) is 0 Å². The zero-order valence-electron chi connectivity index (χ0n) is 6.97. The summed E-state index contributed by atoms with van der Waals surface area (Å²) in [6.45, 7) is 4.81. The molecule has 0 spiro atoms. The van der Waals surface area contributed by atoms with Crippen LogP contribution in [0.1, 0.15) is 26.7 Å². The molecule has 1 atom stereocenters. The number of aliphatic hydroxyl groups is 1. The van der Waals surface area contributed by atoms with Crippen LogP contribution in [0.15, 0.2) is 0 Å². The molecule has 0 aromatic carbocycles. The molecule has 0 aromatic rings. The molecule has 0 amide bonds. The lowest BCUT2D eigenvalue weighted by atomic mass is 10.1. The Kier molecular flexibility index (Phi) is 7.65. The Morgan fingerprint density at radius 3 is 2.70 bits per heavy atom. The van der Waals surface area contributed by atoms with Crippen LogP contribution >= 0.6 is 11.8 Å². The monoisotopic (exact) mass is 162 g/mol. The lowest BCUT2D eigenvalue weighted by Gasteiger charge is -2.07. The van der Waals surface area contributed by atoms with Crippen LogP contribution in [0.5, 0.6) is 0 Å². The van der Waals surface area contributed by atoms with Gasteiger partial charge < -0.3 is 5.11 Å². The van der Waals surface area contributed by atoms with E-state index in [1.165, 1.54) is 18.6 Å². The highest BCUT2D eigenvalue weighted by molar-refractivity contribution is 7.99. The van der Waals surface area contributed by atoms with Crippen molar-refractivity contribution < 1.29 is 5.11 Å². The van der Waals surface area contributed by atoms with Crippen LogP contribution in [0.25, 0.3) is 0 Å². The second-order valence-electron chi connectivity index (χ2n) is 2.69. The Balaban J connectivity index is 2.97. The fourth-order valence-corrected chi connectivity index (χ4v) is 1.79. The lowest BCUT2D eigenvalue weighted by molar-refractivity contribution is 0.322. The van der Waals surface area contributed by atoms with Gasteiger partial charge >= 0.3 is 0 Å². The number of rotatable bonds is 6. The van der Waals surface area contributed by atoms with Crippen LogP contribution in [0, 0.1) is 5.92 Å². The first-order valence-corrected chi connectivity index (χ1v) is 5.15. The highest BCUT2D eigenvalue weighted by Gasteiger charge is 1.98. The highest BCUT2D eigenvalue weighted by Crippen LogP contribution is 2.12. The van der Waals surface area contributed by atoms with E-state index >= 15 is 0 Å². The van der Waals surface area contributed by atoms with Gasteiger partial charge in [-0.15, -0.1) is 0 Å². The summed E-state index contributed by atoms with van der Waals surface area (Å²) in [6, 6.07) is 0. The predicted octanol–water partition coefficient (Wildman–Crippen LogP) is 2.15. The van der Waals surface area contributed by atoms with Crippen LogP contribution in [0.3, 0.4) is 0 Å². The molecule has 0 aromatic heterocycles. The first-order chi connectivity index (χ1) is 4.81. The molecule has 1 N–H and O–H groups in total. The van der Waals surface area contributed by atoms with Gasteiger partial charge in [0.05, 0.1) is 6.61 Å². The van der Waals surface area contributed by atoms with Crippen molar-refractivity contribution in [3.63, 3.8) is 0 Å². The van der Waals surface area contributed by atoms with Crippen molar-refractivity contribution >= 4 is 11.8 Å². The summed E-state index contributed by atoms with van der Waals surface area (Å²) in [5.41, 5.74) is 0. The molecule has 10 heavy (non-hydrogen) atoms. The number of hydrogen-bond acceptors (Lipinski definition) is 2. The van der Waals surface area contributed by atoms with Gasteiger partial charge in [-0.25, -0.2) is 0 Å². The standard InChI is InChI=1S/C8H18OS/c1-3-4-8(2)7-10-6-5-9/h8-9H,3-7H2,1-2H3. The third kappa shape index (κ3) is 6.43. The van der Waals surface area contributed by atoms with E-state index in [2.05, 4.69) is 13.8 Å². The summed E-state index contributed by atoms with van der Waals surface area (Å²) >= 11 is 1.85. The first-order valence-electron chi connectivity index (χ1n) is 3.99. The molecule has 0 rings (SSSR count). The van der Waals surface area contributed by atoms with E-state index in [1.54, 1.807) is 0 Å². The molecule has 0 saturated carbocycles. The second-order valence-corrected chi connectivity index (χ2v) is 3.84. The van der Waals surface area contributed by atoms with Crippen molar-refractivity contribution in [2.45, 2.75) is 26.7 Å². The summed E-state index contributed by atoms with van der Waals surface area (Å²) < 4.78 is 0. The summed E-state index contributed by atoms with van der Waals surface area (Å²) in [6.07, 6.45) is 2.60. The normalized spacial score (nSPS) is 13.5. The molecule has 0 aliphatic rings. The summed E-state index contributed by atoms with van der Waals surface area (Å²) in [5, 5.41) is 8.49. The molecule has 0 saturated heterocycles. The quantitative estimate of drug-likeness (QED) is 0.604. The molecule has 0 aliphatic carbocycles. The molecule has 62 valence electrons. The van der Waals surface area contributed by atoms with Gasteiger partial charge in [0.25, 0.3) is 0 Å². The van der Waals surface area contributed by atoms with Gasteiger partial charge in [-0.2, -0.15) is 11.8 Å². The molecule has 0 heterocycles. The Morgan fingerprint density at radius 1 is 1.50 bits per heavy atom. The summed E-state index contributed by atoms with van der Waals surface area (Å²) in [4.78, 5) is 0. The zero-order valence-corrected chi connectivity index (χ0v) is 7.78. The average Bonchev–Trinajstić information content (AvgIpc) is 1.89. The van der Waals surface area contributed by atoms with Gasteiger partial charge in [-0.05, 0) is 11.7 Å². The smallest absolute Gasteiger partial charge is 0.0521 e. The fourth-order valence-electron chi connectivity index (χ4n) is 0.925. The Bertz CT molecular complexity index is 66.3. The van der Waals surface area contributed by atoms with Crippen LogP contribution in [0.2, 0.25) is 0 Å². The van der Waals surface area contributed by atoms with E-state index in [4.69, 9.17) is 5.11 Å². The summed E-state index contributed by atoms with van der Waals surface area (Å²) in [7, 11) is 0. The van der Waals surface area contributed by atoms with E-state index in [9.17, 15) is 0 Å². The van der Waals surface area contributed by atoms with E-state index < -0.39 is 0 Å². The Labute approximate surface area is 68.2 Å². The van der Waals surface area contributed by atoms with Crippen molar-refractivity contribution in [2.24, 2.45) is 5.92 Å². The van der Waals surface area contributed by atoms with E-state index in [-0.39, 0.29) is 0 Å².